The van der Waals surface area contributed by atoms with Gasteiger partial charge in [0.1, 0.15) is 17.2 Å². The molecule has 0 saturated carbocycles. The molecule has 2 rings (SSSR count). The van der Waals surface area contributed by atoms with Crippen LogP contribution in [-0.2, 0) is 20.7 Å². The van der Waals surface area contributed by atoms with Crippen LogP contribution < -0.4 is 14.8 Å². The molecule has 1 N–H and O–H groups in total. The number of para-hydroxylation sites is 1. The number of ether oxygens (including phenoxy) is 3. The number of carbonyl (C=O) groups is 2. The molecule has 0 heterocycles. The topological polar surface area (TPSA) is 117 Å². The first-order valence-corrected chi connectivity index (χ1v) is 8.34. The minimum atomic E-state index is -0.682. The second-order valence-corrected chi connectivity index (χ2v) is 5.66. The summed E-state index contributed by atoms with van der Waals surface area (Å²) >= 11 is 0. The van der Waals surface area contributed by atoms with Crippen LogP contribution in [-0.4, -0.2) is 37.6 Å². The Morgan fingerprint density at radius 2 is 1.86 bits per heavy atom. The minimum absolute atomic E-state index is 0.0131. The summed E-state index contributed by atoms with van der Waals surface area (Å²) in [5.74, 6) is -0.295. The molecule has 0 spiro atoms. The number of rotatable bonds is 9. The van der Waals surface area contributed by atoms with Crippen LogP contribution in [0, 0.1) is 10.1 Å². The first-order chi connectivity index (χ1) is 13.4. The van der Waals surface area contributed by atoms with E-state index in [1.165, 1.54) is 25.3 Å². The minimum Gasteiger partial charge on any atom is -0.496 e. The number of esters is 1. The average molecular weight is 388 g/mol. The fourth-order valence-corrected chi connectivity index (χ4v) is 2.45. The van der Waals surface area contributed by atoms with Crippen molar-refractivity contribution in [3.8, 4) is 11.5 Å². The molecule has 2 aromatic carbocycles. The summed E-state index contributed by atoms with van der Waals surface area (Å²) in [4.78, 5) is 34.3. The monoisotopic (exact) mass is 388 g/mol. The highest BCUT2D eigenvalue weighted by Gasteiger charge is 2.18. The third-order valence-electron chi connectivity index (χ3n) is 3.83. The maximum atomic E-state index is 12.0. The Balaban J connectivity index is 1.87. The second-order valence-electron chi connectivity index (χ2n) is 5.66. The van der Waals surface area contributed by atoms with Gasteiger partial charge in [-0.05, 0) is 30.2 Å². The van der Waals surface area contributed by atoms with Crippen molar-refractivity contribution in [2.45, 2.75) is 12.8 Å². The fourth-order valence-electron chi connectivity index (χ4n) is 2.45. The third-order valence-corrected chi connectivity index (χ3v) is 3.83. The number of hydrogen-bond donors (Lipinski definition) is 1. The highest BCUT2D eigenvalue weighted by atomic mass is 16.6. The summed E-state index contributed by atoms with van der Waals surface area (Å²) in [6, 6.07) is 11.3. The zero-order valence-corrected chi connectivity index (χ0v) is 15.5. The van der Waals surface area contributed by atoms with E-state index in [0.29, 0.717) is 12.2 Å². The summed E-state index contributed by atoms with van der Waals surface area (Å²) in [5.41, 5.74) is 0.510. The summed E-state index contributed by atoms with van der Waals surface area (Å²) < 4.78 is 15.1. The molecule has 148 valence electrons. The van der Waals surface area contributed by atoms with E-state index in [-0.39, 0.29) is 23.5 Å². The van der Waals surface area contributed by atoms with Crippen LogP contribution in [0.15, 0.2) is 42.5 Å². The predicted molar refractivity (Wildman–Crippen MR) is 101 cm³/mol. The van der Waals surface area contributed by atoms with Crippen LogP contribution in [0.25, 0.3) is 0 Å². The highest BCUT2D eigenvalue weighted by molar-refractivity contribution is 5.95. The van der Waals surface area contributed by atoms with Crippen molar-refractivity contribution in [3.63, 3.8) is 0 Å². The molecule has 1 amide bonds. The van der Waals surface area contributed by atoms with Crippen molar-refractivity contribution in [2.24, 2.45) is 0 Å². The number of methoxy groups -OCH3 is 2. The standard InChI is InChI=1S/C19H20N2O7/c1-26-14-8-9-15(16(11-14)21(24)25)20-18(22)12-28-19(23)10-7-13-5-3-4-6-17(13)27-2/h3-6,8-9,11H,7,10,12H2,1-2H3,(H,20,22). The average Bonchev–Trinajstić information content (AvgIpc) is 2.71. The van der Waals surface area contributed by atoms with Gasteiger partial charge in [0.25, 0.3) is 11.6 Å². The van der Waals surface area contributed by atoms with Gasteiger partial charge in [0.05, 0.1) is 25.2 Å². The van der Waals surface area contributed by atoms with Crippen molar-refractivity contribution >= 4 is 23.3 Å². The van der Waals surface area contributed by atoms with Crippen LogP contribution in [0.5, 0.6) is 11.5 Å². The molecule has 0 atom stereocenters. The number of nitrogens with zero attached hydrogens (tertiary/aromatic N) is 1. The first kappa shape index (κ1) is 20.7. The van der Waals surface area contributed by atoms with Gasteiger partial charge in [0, 0.05) is 6.42 Å². The number of carbonyl (C=O) groups excluding carboxylic acids is 2. The van der Waals surface area contributed by atoms with Crippen LogP contribution >= 0.6 is 0 Å². The number of amides is 1. The van der Waals surface area contributed by atoms with Gasteiger partial charge in [-0.25, -0.2) is 0 Å². The molecule has 0 aliphatic carbocycles. The number of nitro benzene ring substituents is 1. The van der Waals surface area contributed by atoms with E-state index >= 15 is 0 Å². The molecule has 0 aromatic heterocycles. The van der Waals surface area contributed by atoms with E-state index in [2.05, 4.69) is 5.32 Å². The Morgan fingerprint density at radius 3 is 2.54 bits per heavy atom. The van der Waals surface area contributed by atoms with Crippen LogP contribution in [0.4, 0.5) is 11.4 Å². The zero-order chi connectivity index (χ0) is 20.5. The summed E-state index contributed by atoms with van der Waals surface area (Å²) in [6.07, 6.45) is 0.463. The number of benzene rings is 2. The molecule has 0 aliphatic rings. The summed E-state index contributed by atoms with van der Waals surface area (Å²) in [6.45, 7) is -0.548. The van der Waals surface area contributed by atoms with Gasteiger partial charge in [-0.2, -0.15) is 0 Å². The van der Waals surface area contributed by atoms with Crippen molar-refractivity contribution in [1.82, 2.24) is 0 Å². The normalized spacial score (nSPS) is 10.1. The largest absolute Gasteiger partial charge is 0.496 e. The SMILES string of the molecule is COc1ccc(NC(=O)COC(=O)CCc2ccccc2OC)c([N+](=O)[O-])c1. The lowest BCUT2D eigenvalue weighted by Crippen LogP contribution is -2.21. The smallest absolute Gasteiger partial charge is 0.306 e. The highest BCUT2D eigenvalue weighted by Crippen LogP contribution is 2.28. The Bertz CT molecular complexity index is 867. The van der Waals surface area contributed by atoms with E-state index in [4.69, 9.17) is 14.2 Å². The second kappa shape index (κ2) is 9.91. The van der Waals surface area contributed by atoms with E-state index in [0.717, 1.165) is 5.56 Å². The maximum Gasteiger partial charge on any atom is 0.306 e. The van der Waals surface area contributed by atoms with Gasteiger partial charge in [0.2, 0.25) is 0 Å². The molecule has 0 aliphatic heterocycles. The molecule has 0 fully saturated rings. The molecule has 0 saturated heterocycles. The van der Waals surface area contributed by atoms with E-state index in [9.17, 15) is 19.7 Å². The molecule has 0 bridgehead atoms. The van der Waals surface area contributed by atoms with Gasteiger partial charge in [-0.1, -0.05) is 18.2 Å². The number of nitro groups is 1. The number of nitrogens with one attached hydrogen (secondary N) is 1. The zero-order valence-electron chi connectivity index (χ0n) is 15.5. The molecule has 9 heteroatoms. The van der Waals surface area contributed by atoms with Gasteiger partial charge < -0.3 is 19.5 Å². The van der Waals surface area contributed by atoms with E-state index in [1.807, 2.05) is 18.2 Å². The Morgan fingerprint density at radius 1 is 1.11 bits per heavy atom. The lowest BCUT2D eigenvalue weighted by Gasteiger charge is -2.09. The Hall–Kier alpha value is -3.62. The van der Waals surface area contributed by atoms with E-state index in [1.54, 1.807) is 13.2 Å². The molecule has 9 nitrogen and oxygen atoms in total. The number of hydrogen-bond acceptors (Lipinski definition) is 7. The molecular weight excluding hydrogens is 368 g/mol. The molecular formula is C19H20N2O7. The van der Waals surface area contributed by atoms with E-state index < -0.39 is 23.4 Å². The third kappa shape index (κ3) is 5.70. The van der Waals surface area contributed by atoms with Crippen molar-refractivity contribution < 1.29 is 28.7 Å². The molecule has 0 radical (unpaired) electrons. The van der Waals surface area contributed by atoms with Crippen LogP contribution in [0.3, 0.4) is 0 Å². The lowest BCUT2D eigenvalue weighted by atomic mass is 10.1. The Kier molecular flexibility index (Phi) is 7.32. The fraction of sp³-hybridized carbons (Fsp3) is 0.263. The molecule has 0 unspecified atom stereocenters. The van der Waals surface area contributed by atoms with Crippen molar-refractivity contribution in [3.05, 3.63) is 58.1 Å². The van der Waals surface area contributed by atoms with Gasteiger partial charge >= 0.3 is 5.97 Å². The first-order valence-electron chi connectivity index (χ1n) is 8.34. The molecule has 28 heavy (non-hydrogen) atoms. The van der Waals surface area contributed by atoms with Crippen molar-refractivity contribution in [2.75, 3.05) is 26.1 Å². The summed E-state index contributed by atoms with van der Waals surface area (Å²) in [5, 5.41) is 13.5. The van der Waals surface area contributed by atoms with Gasteiger partial charge in [0.15, 0.2) is 6.61 Å². The Labute approximate surface area is 161 Å². The van der Waals surface area contributed by atoms with Crippen LogP contribution in [0.1, 0.15) is 12.0 Å². The van der Waals surface area contributed by atoms with Gasteiger partial charge in [-0.3, -0.25) is 19.7 Å². The van der Waals surface area contributed by atoms with Gasteiger partial charge in [-0.15, -0.1) is 0 Å². The molecule has 2 aromatic rings. The maximum absolute atomic E-state index is 12.0. The lowest BCUT2D eigenvalue weighted by molar-refractivity contribution is -0.384. The van der Waals surface area contributed by atoms with Crippen LogP contribution in [0.2, 0.25) is 0 Å². The quantitative estimate of drug-likeness (QED) is 0.399. The number of anilines is 1. The number of aryl methyl sites for hydroxylation is 1. The predicted octanol–water partition coefficient (Wildman–Crippen LogP) is 2.73. The van der Waals surface area contributed by atoms with Crippen molar-refractivity contribution in [1.29, 1.82) is 0 Å². The summed E-state index contributed by atoms with van der Waals surface area (Å²) in [7, 11) is 2.92.